The number of H-pyrrole nitrogens is 1. The third kappa shape index (κ3) is 4.37. The molecule has 0 bridgehead atoms. The lowest BCUT2D eigenvalue weighted by Gasteiger charge is -2.26. The number of hydrogen-bond acceptors (Lipinski definition) is 5. The van der Waals surface area contributed by atoms with Crippen LogP contribution < -0.4 is 5.32 Å². The first-order valence-electron chi connectivity index (χ1n) is 8.95. The van der Waals surface area contributed by atoms with E-state index in [2.05, 4.69) is 25.4 Å². The smallest absolute Gasteiger partial charge is 0.255 e. The molecule has 0 unspecified atom stereocenters. The van der Waals surface area contributed by atoms with E-state index in [1.807, 2.05) is 54.2 Å². The molecule has 1 aromatic carbocycles. The predicted molar refractivity (Wildman–Crippen MR) is 109 cm³/mol. The van der Waals surface area contributed by atoms with E-state index in [0.717, 1.165) is 25.3 Å². The number of aromatic nitrogens is 3. The van der Waals surface area contributed by atoms with Crippen LogP contribution in [0.2, 0.25) is 0 Å². The highest BCUT2D eigenvalue weighted by Crippen LogP contribution is 2.23. The van der Waals surface area contributed by atoms with Gasteiger partial charge in [-0.25, -0.2) is 0 Å². The van der Waals surface area contributed by atoms with E-state index >= 15 is 0 Å². The largest absolute Gasteiger partial charge is 0.319 e. The lowest BCUT2D eigenvalue weighted by molar-refractivity contribution is 0.102. The zero-order valence-electron chi connectivity index (χ0n) is 14.9. The van der Waals surface area contributed by atoms with Crippen LogP contribution in [0, 0.1) is 0 Å². The first kappa shape index (κ1) is 17.8. The fourth-order valence-electron chi connectivity index (χ4n) is 3.06. The molecule has 1 saturated heterocycles. The van der Waals surface area contributed by atoms with Crippen molar-refractivity contribution in [2.75, 3.05) is 29.9 Å². The number of pyridine rings is 1. The average molecular weight is 379 g/mol. The van der Waals surface area contributed by atoms with Gasteiger partial charge >= 0.3 is 0 Å². The Labute approximate surface area is 162 Å². The standard InChI is InChI=1S/C20H21N5OS/c26-20(23-18-13-22-24-19(18)17-3-1-2-8-21-17)16-6-4-15(5-7-16)14-25-9-11-27-12-10-25/h1-8,13H,9-12,14H2,(H,22,24)(H,23,26). The lowest BCUT2D eigenvalue weighted by Crippen LogP contribution is -2.31. The average Bonchev–Trinajstić information content (AvgIpc) is 3.18. The Hall–Kier alpha value is -2.64. The van der Waals surface area contributed by atoms with Crippen molar-refractivity contribution in [3.8, 4) is 11.4 Å². The topological polar surface area (TPSA) is 73.9 Å². The number of carbonyl (C=O) groups is 1. The molecule has 6 nitrogen and oxygen atoms in total. The van der Waals surface area contributed by atoms with Crippen LogP contribution in [0.25, 0.3) is 11.4 Å². The molecule has 0 atom stereocenters. The van der Waals surface area contributed by atoms with Crippen molar-refractivity contribution in [3.05, 3.63) is 66.0 Å². The molecule has 3 aromatic rings. The van der Waals surface area contributed by atoms with Crippen LogP contribution in [0.15, 0.2) is 54.9 Å². The second-order valence-electron chi connectivity index (χ2n) is 6.41. The van der Waals surface area contributed by atoms with E-state index in [1.165, 1.54) is 17.1 Å². The molecule has 1 aliphatic rings. The van der Waals surface area contributed by atoms with Crippen LogP contribution in [0.5, 0.6) is 0 Å². The number of carbonyl (C=O) groups excluding carboxylic acids is 1. The van der Waals surface area contributed by atoms with Gasteiger partial charge in [-0.15, -0.1) is 0 Å². The summed E-state index contributed by atoms with van der Waals surface area (Å²) in [6, 6.07) is 13.4. The summed E-state index contributed by atoms with van der Waals surface area (Å²) in [5.41, 5.74) is 3.91. The lowest BCUT2D eigenvalue weighted by atomic mass is 10.1. The van der Waals surface area contributed by atoms with Gasteiger partial charge in [0.2, 0.25) is 0 Å². The fraction of sp³-hybridized carbons (Fsp3) is 0.250. The maximum atomic E-state index is 12.6. The van der Waals surface area contributed by atoms with E-state index < -0.39 is 0 Å². The SMILES string of the molecule is O=C(Nc1cn[nH]c1-c1ccccn1)c1ccc(CN2CCSCC2)cc1. The first-order valence-corrected chi connectivity index (χ1v) is 10.1. The maximum absolute atomic E-state index is 12.6. The van der Waals surface area contributed by atoms with Crippen molar-refractivity contribution in [2.24, 2.45) is 0 Å². The third-order valence-electron chi connectivity index (χ3n) is 4.53. The van der Waals surface area contributed by atoms with Gasteiger partial charge in [-0.05, 0) is 29.8 Å². The molecule has 0 radical (unpaired) electrons. The summed E-state index contributed by atoms with van der Waals surface area (Å²) in [6.45, 7) is 3.20. The molecule has 1 fully saturated rings. The van der Waals surface area contributed by atoms with Gasteiger partial charge in [0.25, 0.3) is 5.91 Å². The minimum atomic E-state index is -0.158. The molecule has 4 rings (SSSR count). The number of benzene rings is 1. The van der Waals surface area contributed by atoms with Gasteiger partial charge in [0.1, 0.15) is 5.69 Å². The Bertz CT molecular complexity index is 888. The van der Waals surface area contributed by atoms with Crippen LogP contribution in [-0.4, -0.2) is 50.6 Å². The number of anilines is 1. The Morgan fingerprint density at radius 3 is 2.70 bits per heavy atom. The van der Waals surface area contributed by atoms with Crippen LogP contribution in [0.1, 0.15) is 15.9 Å². The summed E-state index contributed by atoms with van der Waals surface area (Å²) >= 11 is 2.01. The second-order valence-corrected chi connectivity index (χ2v) is 7.64. The third-order valence-corrected chi connectivity index (χ3v) is 5.48. The maximum Gasteiger partial charge on any atom is 0.255 e. The van der Waals surface area contributed by atoms with Crippen molar-refractivity contribution in [1.82, 2.24) is 20.1 Å². The van der Waals surface area contributed by atoms with Crippen molar-refractivity contribution in [1.29, 1.82) is 0 Å². The molecule has 1 amide bonds. The molecule has 2 aromatic heterocycles. The zero-order valence-corrected chi connectivity index (χ0v) is 15.7. The van der Waals surface area contributed by atoms with Crippen LogP contribution in [0.3, 0.4) is 0 Å². The summed E-state index contributed by atoms with van der Waals surface area (Å²) in [6.07, 6.45) is 3.31. The monoisotopic (exact) mass is 379 g/mol. The van der Waals surface area contributed by atoms with E-state index in [4.69, 9.17) is 0 Å². The van der Waals surface area contributed by atoms with Crippen molar-refractivity contribution in [3.63, 3.8) is 0 Å². The Morgan fingerprint density at radius 1 is 1.15 bits per heavy atom. The highest BCUT2D eigenvalue weighted by atomic mass is 32.2. The van der Waals surface area contributed by atoms with Gasteiger partial charge in [-0.3, -0.25) is 19.8 Å². The molecule has 2 N–H and O–H groups in total. The quantitative estimate of drug-likeness (QED) is 0.712. The molecule has 1 aliphatic heterocycles. The first-order chi connectivity index (χ1) is 13.3. The van der Waals surface area contributed by atoms with Crippen LogP contribution in [0.4, 0.5) is 5.69 Å². The summed E-state index contributed by atoms with van der Waals surface area (Å²) in [7, 11) is 0. The van der Waals surface area contributed by atoms with Gasteiger partial charge in [0.05, 0.1) is 17.6 Å². The molecule has 0 spiro atoms. The van der Waals surface area contributed by atoms with E-state index in [9.17, 15) is 4.79 Å². The number of thioether (sulfide) groups is 1. The van der Waals surface area contributed by atoms with Crippen molar-refractivity contribution < 1.29 is 4.79 Å². The molecule has 3 heterocycles. The number of aromatic amines is 1. The Kier molecular flexibility index (Phi) is 5.50. The number of amides is 1. The van der Waals surface area contributed by atoms with Crippen LogP contribution >= 0.6 is 11.8 Å². The number of nitrogens with one attached hydrogen (secondary N) is 2. The second kappa shape index (κ2) is 8.37. The number of rotatable bonds is 5. The number of nitrogens with zero attached hydrogens (tertiary/aromatic N) is 3. The molecule has 7 heteroatoms. The molecule has 0 saturated carbocycles. The molecular weight excluding hydrogens is 358 g/mol. The Balaban J connectivity index is 1.42. The van der Waals surface area contributed by atoms with E-state index in [0.29, 0.717) is 16.9 Å². The highest BCUT2D eigenvalue weighted by Gasteiger charge is 2.14. The van der Waals surface area contributed by atoms with Gasteiger partial charge in [-0.1, -0.05) is 18.2 Å². The molecular formula is C20H21N5OS. The molecule has 0 aliphatic carbocycles. The fourth-order valence-corrected chi connectivity index (χ4v) is 4.04. The normalized spacial score (nSPS) is 14.8. The minimum absolute atomic E-state index is 0.158. The summed E-state index contributed by atoms with van der Waals surface area (Å²) in [5.74, 6) is 2.24. The number of hydrogen-bond donors (Lipinski definition) is 2. The van der Waals surface area contributed by atoms with Crippen molar-refractivity contribution in [2.45, 2.75) is 6.54 Å². The van der Waals surface area contributed by atoms with Gasteiger partial charge in [0, 0.05) is 42.9 Å². The van der Waals surface area contributed by atoms with Crippen LogP contribution in [-0.2, 0) is 6.54 Å². The van der Waals surface area contributed by atoms with Crippen molar-refractivity contribution >= 4 is 23.4 Å². The molecule has 138 valence electrons. The Morgan fingerprint density at radius 2 is 1.96 bits per heavy atom. The molecule has 27 heavy (non-hydrogen) atoms. The highest BCUT2D eigenvalue weighted by molar-refractivity contribution is 7.99. The van der Waals surface area contributed by atoms with Gasteiger partial charge in [-0.2, -0.15) is 16.9 Å². The summed E-state index contributed by atoms with van der Waals surface area (Å²) in [5, 5.41) is 9.86. The van der Waals surface area contributed by atoms with Gasteiger partial charge < -0.3 is 5.32 Å². The van der Waals surface area contributed by atoms with Gasteiger partial charge in [0.15, 0.2) is 0 Å². The van der Waals surface area contributed by atoms with E-state index in [1.54, 1.807) is 12.4 Å². The summed E-state index contributed by atoms with van der Waals surface area (Å²) < 4.78 is 0. The summed E-state index contributed by atoms with van der Waals surface area (Å²) in [4.78, 5) is 19.4. The van der Waals surface area contributed by atoms with E-state index in [-0.39, 0.29) is 5.91 Å². The zero-order chi connectivity index (χ0) is 18.5. The minimum Gasteiger partial charge on any atom is -0.319 e. The predicted octanol–water partition coefficient (Wildman–Crippen LogP) is 3.27.